The highest BCUT2D eigenvalue weighted by Crippen LogP contribution is 2.34. The molecule has 0 aliphatic heterocycles. The normalized spacial score (nSPS) is 13.0. The van der Waals surface area contributed by atoms with Gasteiger partial charge in [0.2, 0.25) is 0 Å². The van der Waals surface area contributed by atoms with Gasteiger partial charge in [-0.3, -0.25) is 4.79 Å². The first-order chi connectivity index (χ1) is 14.6. The van der Waals surface area contributed by atoms with Crippen LogP contribution in [-0.4, -0.2) is 31.1 Å². The van der Waals surface area contributed by atoms with Crippen molar-refractivity contribution >= 4 is 5.91 Å². The van der Waals surface area contributed by atoms with E-state index >= 15 is 0 Å². The van der Waals surface area contributed by atoms with Gasteiger partial charge in [-0.25, -0.2) is 0 Å². The monoisotopic (exact) mass is 401 g/mol. The number of hydrogen-bond acceptors (Lipinski definition) is 3. The Bertz CT molecular complexity index is 1030. The van der Waals surface area contributed by atoms with Crippen molar-refractivity contribution in [2.45, 2.75) is 32.4 Å². The van der Waals surface area contributed by atoms with E-state index in [9.17, 15) is 4.79 Å². The molecule has 0 radical (unpaired) electrons. The Morgan fingerprint density at radius 2 is 1.57 bits per heavy atom. The lowest BCUT2D eigenvalue weighted by Crippen LogP contribution is -2.40. The minimum Gasteiger partial charge on any atom is -0.493 e. The van der Waals surface area contributed by atoms with E-state index in [2.05, 4.69) is 43.3 Å². The molecule has 154 valence electrons. The van der Waals surface area contributed by atoms with Crippen molar-refractivity contribution in [2.24, 2.45) is 0 Å². The van der Waals surface area contributed by atoms with Crippen molar-refractivity contribution in [3.8, 4) is 11.5 Å². The Kier molecular flexibility index (Phi) is 5.75. The molecule has 4 rings (SSSR count). The molecule has 0 spiro atoms. The number of carbonyl (C=O) groups excluding carboxylic acids is 1. The SMILES string of the molecule is COc1cccc(C(=O)N(Cc2ccccc2C)C2Cc3ccccc3C2)c1OC. The first kappa shape index (κ1) is 20.0. The van der Waals surface area contributed by atoms with Gasteiger partial charge >= 0.3 is 0 Å². The summed E-state index contributed by atoms with van der Waals surface area (Å²) in [5.41, 5.74) is 5.51. The lowest BCUT2D eigenvalue weighted by molar-refractivity contribution is 0.0663. The fraction of sp³-hybridized carbons (Fsp3) is 0.269. The van der Waals surface area contributed by atoms with Crippen LogP contribution < -0.4 is 9.47 Å². The molecule has 0 bridgehead atoms. The van der Waals surface area contributed by atoms with E-state index in [0.717, 1.165) is 18.4 Å². The predicted molar refractivity (Wildman–Crippen MR) is 118 cm³/mol. The fourth-order valence-electron chi connectivity index (χ4n) is 4.30. The summed E-state index contributed by atoms with van der Waals surface area (Å²) in [6.45, 7) is 2.65. The molecule has 3 aromatic carbocycles. The van der Waals surface area contributed by atoms with Crippen LogP contribution in [0, 0.1) is 6.92 Å². The lowest BCUT2D eigenvalue weighted by Gasteiger charge is -2.30. The van der Waals surface area contributed by atoms with Crippen molar-refractivity contribution in [2.75, 3.05) is 14.2 Å². The Morgan fingerprint density at radius 1 is 0.900 bits per heavy atom. The molecule has 3 aromatic rings. The van der Waals surface area contributed by atoms with Crippen molar-refractivity contribution in [3.05, 3.63) is 94.5 Å². The number of rotatable bonds is 6. The van der Waals surface area contributed by atoms with E-state index < -0.39 is 0 Å². The van der Waals surface area contributed by atoms with Gasteiger partial charge in [-0.1, -0.05) is 54.6 Å². The molecule has 4 nitrogen and oxygen atoms in total. The molecule has 0 heterocycles. The van der Waals surface area contributed by atoms with Crippen molar-refractivity contribution < 1.29 is 14.3 Å². The Labute approximate surface area is 178 Å². The molecule has 0 unspecified atom stereocenters. The molecule has 0 saturated heterocycles. The van der Waals surface area contributed by atoms with Crippen LogP contribution in [0.15, 0.2) is 66.7 Å². The van der Waals surface area contributed by atoms with E-state index in [1.807, 2.05) is 35.2 Å². The second-order valence-electron chi connectivity index (χ2n) is 7.73. The van der Waals surface area contributed by atoms with Crippen LogP contribution >= 0.6 is 0 Å². The maximum atomic E-state index is 13.8. The number of hydrogen-bond donors (Lipinski definition) is 0. The minimum atomic E-state index is -0.0354. The number of benzene rings is 3. The maximum absolute atomic E-state index is 13.8. The van der Waals surface area contributed by atoms with Gasteiger partial charge in [-0.05, 0) is 54.2 Å². The molecule has 0 atom stereocenters. The highest BCUT2D eigenvalue weighted by Gasteiger charge is 2.32. The number of nitrogens with zero attached hydrogens (tertiary/aromatic N) is 1. The molecule has 0 fully saturated rings. The van der Waals surface area contributed by atoms with Crippen LogP contribution in [0.3, 0.4) is 0 Å². The molecule has 0 N–H and O–H groups in total. The highest BCUT2D eigenvalue weighted by atomic mass is 16.5. The lowest BCUT2D eigenvalue weighted by atomic mass is 10.0. The zero-order chi connectivity index (χ0) is 21.1. The molecule has 4 heteroatoms. The fourth-order valence-corrected chi connectivity index (χ4v) is 4.30. The summed E-state index contributed by atoms with van der Waals surface area (Å²) in [7, 11) is 3.16. The topological polar surface area (TPSA) is 38.8 Å². The van der Waals surface area contributed by atoms with E-state index in [4.69, 9.17) is 9.47 Å². The summed E-state index contributed by atoms with van der Waals surface area (Å²) in [4.78, 5) is 15.8. The van der Waals surface area contributed by atoms with Crippen LogP contribution in [0.2, 0.25) is 0 Å². The standard InChI is InChI=1S/C26H27NO3/c1-18-9-4-5-12-21(18)17-27(22-15-19-10-6-7-11-20(19)16-22)26(28)23-13-8-14-24(29-2)25(23)30-3/h4-14,22H,15-17H2,1-3H3. The smallest absolute Gasteiger partial charge is 0.258 e. The minimum absolute atomic E-state index is 0.0354. The second-order valence-corrected chi connectivity index (χ2v) is 7.73. The summed E-state index contributed by atoms with van der Waals surface area (Å²) < 4.78 is 11.0. The average Bonchev–Trinajstić information content (AvgIpc) is 3.21. The van der Waals surface area contributed by atoms with Gasteiger partial charge in [0.15, 0.2) is 11.5 Å². The highest BCUT2D eigenvalue weighted by molar-refractivity contribution is 5.98. The van der Waals surface area contributed by atoms with E-state index in [0.29, 0.717) is 23.6 Å². The quantitative estimate of drug-likeness (QED) is 0.594. The van der Waals surface area contributed by atoms with E-state index in [1.54, 1.807) is 14.2 Å². The van der Waals surface area contributed by atoms with Crippen molar-refractivity contribution in [1.29, 1.82) is 0 Å². The molecule has 1 amide bonds. The zero-order valence-electron chi connectivity index (χ0n) is 17.7. The first-order valence-corrected chi connectivity index (χ1v) is 10.3. The molecule has 30 heavy (non-hydrogen) atoms. The number of amides is 1. The number of methoxy groups -OCH3 is 2. The Balaban J connectivity index is 1.73. The van der Waals surface area contributed by atoms with Gasteiger partial charge < -0.3 is 14.4 Å². The average molecular weight is 402 g/mol. The van der Waals surface area contributed by atoms with Crippen molar-refractivity contribution in [1.82, 2.24) is 4.90 Å². The summed E-state index contributed by atoms with van der Waals surface area (Å²) >= 11 is 0. The molecule has 0 saturated carbocycles. The van der Waals surface area contributed by atoms with Crippen molar-refractivity contribution in [3.63, 3.8) is 0 Å². The predicted octanol–water partition coefficient (Wildman–Crippen LogP) is 4.82. The number of para-hydroxylation sites is 1. The van der Waals surface area contributed by atoms with Crippen LogP contribution in [0.5, 0.6) is 11.5 Å². The molecular formula is C26H27NO3. The molecule has 0 aromatic heterocycles. The maximum Gasteiger partial charge on any atom is 0.258 e. The molecule has 1 aliphatic rings. The summed E-state index contributed by atoms with van der Waals surface area (Å²) in [5.74, 6) is 1.01. The summed E-state index contributed by atoms with van der Waals surface area (Å²) in [5, 5.41) is 0. The van der Waals surface area contributed by atoms with Gasteiger partial charge in [-0.2, -0.15) is 0 Å². The number of aryl methyl sites for hydroxylation is 1. The summed E-state index contributed by atoms with van der Waals surface area (Å²) in [6, 6.07) is 22.3. The molecule has 1 aliphatic carbocycles. The van der Waals surface area contributed by atoms with Crippen LogP contribution in [0.25, 0.3) is 0 Å². The third kappa shape index (κ3) is 3.78. The van der Waals surface area contributed by atoms with Crippen LogP contribution in [-0.2, 0) is 19.4 Å². The Morgan fingerprint density at radius 3 is 2.20 bits per heavy atom. The van der Waals surface area contributed by atoms with Crippen LogP contribution in [0.1, 0.15) is 32.6 Å². The Hall–Kier alpha value is -3.27. The third-order valence-electron chi connectivity index (χ3n) is 5.97. The van der Waals surface area contributed by atoms with Gasteiger partial charge in [0.1, 0.15) is 0 Å². The first-order valence-electron chi connectivity index (χ1n) is 10.3. The second kappa shape index (κ2) is 8.62. The third-order valence-corrected chi connectivity index (χ3v) is 5.97. The van der Waals surface area contributed by atoms with Crippen LogP contribution in [0.4, 0.5) is 0 Å². The molecular weight excluding hydrogens is 374 g/mol. The van der Waals surface area contributed by atoms with Gasteiger partial charge in [-0.15, -0.1) is 0 Å². The van der Waals surface area contributed by atoms with Gasteiger partial charge in [0.25, 0.3) is 5.91 Å². The van der Waals surface area contributed by atoms with Gasteiger partial charge in [0.05, 0.1) is 19.8 Å². The number of fused-ring (bicyclic) bond motifs is 1. The number of carbonyl (C=O) groups is 1. The van der Waals surface area contributed by atoms with E-state index in [1.165, 1.54) is 16.7 Å². The largest absolute Gasteiger partial charge is 0.493 e. The van der Waals surface area contributed by atoms with E-state index in [-0.39, 0.29) is 11.9 Å². The number of ether oxygens (including phenoxy) is 2. The summed E-state index contributed by atoms with van der Waals surface area (Å²) in [6.07, 6.45) is 1.72. The zero-order valence-corrected chi connectivity index (χ0v) is 17.7. The van der Waals surface area contributed by atoms with Gasteiger partial charge in [0, 0.05) is 12.6 Å².